The summed E-state index contributed by atoms with van der Waals surface area (Å²) in [6, 6.07) is 4.15. The van der Waals surface area contributed by atoms with Gasteiger partial charge in [0.05, 0.1) is 4.47 Å². The molecule has 1 unspecified atom stereocenters. The highest BCUT2D eigenvalue weighted by Gasteiger charge is 2.34. The van der Waals surface area contributed by atoms with Crippen LogP contribution in [0.3, 0.4) is 0 Å². The standard InChI is InChI=1S/C10H7BrClF3O2/c1-5(16)8(12)6-3-2-4-7(11)9(6)17-10(13,14)15/h2-4,8H,1H3. The number of hydrogen-bond donors (Lipinski definition) is 0. The van der Waals surface area contributed by atoms with E-state index in [2.05, 4.69) is 20.7 Å². The zero-order valence-electron chi connectivity index (χ0n) is 8.52. The molecule has 0 radical (unpaired) electrons. The maximum absolute atomic E-state index is 12.2. The summed E-state index contributed by atoms with van der Waals surface area (Å²) in [7, 11) is 0. The Morgan fingerprint density at radius 1 is 1.47 bits per heavy atom. The number of carbonyl (C=O) groups is 1. The lowest BCUT2D eigenvalue weighted by Crippen LogP contribution is -2.19. The largest absolute Gasteiger partial charge is 0.573 e. The molecule has 1 rings (SSSR count). The Labute approximate surface area is 109 Å². The summed E-state index contributed by atoms with van der Waals surface area (Å²) in [5.41, 5.74) is -0.0223. The Balaban J connectivity index is 3.22. The molecule has 7 heteroatoms. The number of carbonyl (C=O) groups excluding carboxylic acids is 1. The molecule has 0 amide bonds. The van der Waals surface area contributed by atoms with Gasteiger partial charge in [0.1, 0.15) is 11.1 Å². The summed E-state index contributed by atoms with van der Waals surface area (Å²) < 4.78 is 40.5. The van der Waals surface area contributed by atoms with Crippen LogP contribution in [0.15, 0.2) is 22.7 Å². The first-order valence-corrected chi connectivity index (χ1v) is 5.64. The molecule has 0 N–H and O–H groups in total. The molecule has 2 nitrogen and oxygen atoms in total. The molecular formula is C10H7BrClF3O2. The zero-order valence-corrected chi connectivity index (χ0v) is 10.9. The Kier molecular flexibility index (Phi) is 4.43. The number of rotatable bonds is 3. The van der Waals surface area contributed by atoms with E-state index in [1.165, 1.54) is 25.1 Å². The Bertz CT molecular complexity index is 434. The Morgan fingerprint density at radius 3 is 2.53 bits per heavy atom. The van der Waals surface area contributed by atoms with E-state index >= 15 is 0 Å². The summed E-state index contributed by atoms with van der Waals surface area (Å²) in [4.78, 5) is 11.1. The van der Waals surface area contributed by atoms with E-state index in [-0.39, 0.29) is 10.0 Å². The van der Waals surface area contributed by atoms with E-state index in [4.69, 9.17) is 11.6 Å². The predicted octanol–water partition coefficient (Wildman–Crippen LogP) is 4.22. The summed E-state index contributed by atoms with van der Waals surface area (Å²) in [6.45, 7) is 1.19. The van der Waals surface area contributed by atoms with Gasteiger partial charge in [-0.15, -0.1) is 24.8 Å². The van der Waals surface area contributed by atoms with Crippen LogP contribution in [0.4, 0.5) is 13.2 Å². The average molecular weight is 332 g/mol. The smallest absolute Gasteiger partial charge is 0.404 e. The van der Waals surface area contributed by atoms with Crippen molar-refractivity contribution in [3.05, 3.63) is 28.2 Å². The van der Waals surface area contributed by atoms with Gasteiger partial charge < -0.3 is 4.74 Å². The van der Waals surface area contributed by atoms with Crippen LogP contribution in [0.1, 0.15) is 17.9 Å². The molecule has 1 atom stereocenters. The Morgan fingerprint density at radius 2 is 2.06 bits per heavy atom. The van der Waals surface area contributed by atoms with Crippen LogP contribution in [0.25, 0.3) is 0 Å². The van der Waals surface area contributed by atoms with Gasteiger partial charge in [-0.1, -0.05) is 12.1 Å². The molecule has 0 aliphatic rings. The monoisotopic (exact) mass is 330 g/mol. The molecule has 0 aromatic heterocycles. The molecule has 1 aromatic rings. The zero-order chi connectivity index (χ0) is 13.2. The number of halogens is 5. The third kappa shape index (κ3) is 3.89. The van der Waals surface area contributed by atoms with Crippen molar-refractivity contribution in [3.8, 4) is 5.75 Å². The molecule has 0 heterocycles. The second kappa shape index (κ2) is 5.27. The lowest BCUT2D eigenvalue weighted by atomic mass is 10.1. The van der Waals surface area contributed by atoms with Gasteiger partial charge in [-0.05, 0) is 28.9 Å². The molecule has 0 bridgehead atoms. The van der Waals surface area contributed by atoms with E-state index in [0.29, 0.717) is 0 Å². The highest BCUT2D eigenvalue weighted by atomic mass is 79.9. The SMILES string of the molecule is CC(=O)C(Cl)c1cccc(Br)c1OC(F)(F)F. The maximum atomic E-state index is 12.2. The molecule has 0 saturated heterocycles. The van der Waals surface area contributed by atoms with Crippen molar-refractivity contribution in [3.63, 3.8) is 0 Å². The second-order valence-electron chi connectivity index (χ2n) is 3.18. The lowest BCUT2D eigenvalue weighted by Gasteiger charge is -2.16. The molecule has 0 spiro atoms. The Hall–Kier alpha value is -0.750. The number of para-hydroxylation sites is 1. The number of ether oxygens (including phenoxy) is 1. The van der Waals surface area contributed by atoms with Crippen molar-refractivity contribution >= 4 is 33.3 Å². The number of alkyl halides is 4. The van der Waals surface area contributed by atoms with Crippen LogP contribution in [0, 0.1) is 0 Å². The third-order valence-corrected chi connectivity index (χ3v) is 3.01. The van der Waals surface area contributed by atoms with E-state index in [0.717, 1.165) is 0 Å². The van der Waals surface area contributed by atoms with Crippen molar-refractivity contribution in [2.75, 3.05) is 0 Å². The number of ketones is 1. The van der Waals surface area contributed by atoms with Gasteiger partial charge in [-0.3, -0.25) is 4.79 Å². The summed E-state index contributed by atoms with van der Waals surface area (Å²) in [5.74, 6) is -0.952. The quantitative estimate of drug-likeness (QED) is 0.775. The minimum atomic E-state index is -4.84. The van der Waals surface area contributed by atoms with E-state index in [9.17, 15) is 18.0 Å². The first-order chi connectivity index (χ1) is 7.72. The molecule has 17 heavy (non-hydrogen) atoms. The predicted molar refractivity (Wildman–Crippen MR) is 60.1 cm³/mol. The fourth-order valence-electron chi connectivity index (χ4n) is 1.17. The highest BCUT2D eigenvalue weighted by Crippen LogP contribution is 2.39. The first kappa shape index (κ1) is 14.3. The van der Waals surface area contributed by atoms with Gasteiger partial charge in [0.25, 0.3) is 0 Å². The van der Waals surface area contributed by atoms with Gasteiger partial charge in [0.15, 0.2) is 5.78 Å². The third-order valence-electron chi connectivity index (χ3n) is 1.85. The topological polar surface area (TPSA) is 26.3 Å². The van der Waals surface area contributed by atoms with Gasteiger partial charge in [-0.2, -0.15) is 0 Å². The molecule has 0 aliphatic carbocycles. The van der Waals surface area contributed by atoms with Crippen LogP contribution < -0.4 is 4.74 Å². The molecule has 0 aliphatic heterocycles. The lowest BCUT2D eigenvalue weighted by molar-refractivity contribution is -0.275. The molecule has 0 saturated carbocycles. The van der Waals surface area contributed by atoms with Crippen molar-refractivity contribution in [2.24, 2.45) is 0 Å². The van der Waals surface area contributed by atoms with Gasteiger partial charge in [-0.25, -0.2) is 0 Å². The van der Waals surface area contributed by atoms with Crippen molar-refractivity contribution in [2.45, 2.75) is 18.7 Å². The van der Waals surface area contributed by atoms with E-state index in [1.54, 1.807) is 0 Å². The van der Waals surface area contributed by atoms with Gasteiger partial charge >= 0.3 is 6.36 Å². The van der Waals surface area contributed by atoms with Crippen molar-refractivity contribution < 1.29 is 22.7 Å². The normalized spacial score (nSPS) is 13.3. The maximum Gasteiger partial charge on any atom is 0.573 e. The van der Waals surface area contributed by atoms with Crippen molar-refractivity contribution in [1.82, 2.24) is 0 Å². The van der Waals surface area contributed by atoms with Crippen LogP contribution in [-0.4, -0.2) is 12.1 Å². The fourth-order valence-corrected chi connectivity index (χ4v) is 1.80. The van der Waals surface area contributed by atoms with Crippen molar-refractivity contribution in [1.29, 1.82) is 0 Å². The summed E-state index contributed by atoms with van der Waals surface area (Å²) in [6.07, 6.45) is -4.84. The molecule has 1 aromatic carbocycles. The fraction of sp³-hybridized carbons (Fsp3) is 0.300. The van der Waals surface area contributed by atoms with E-state index in [1.807, 2.05) is 0 Å². The minimum absolute atomic E-state index is 0.0223. The summed E-state index contributed by atoms with van der Waals surface area (Å²) >= 11 is 8.65. The first-order valence-electron chi connectivity index (χ1n) is 4.41. The highest BCUT2D eigenvalue weighted by molar-refractivity contribution is 9.10. The summed E-state index contributed by atoms with van der Waals surface area (Å²) in [5, 5.41) is -1.18. The van der Waals surface area contributed by atoms with Crippen LogP contribution in [-0.2, 0) is 4.79 Å². The number of benzene rings is 1. The molecular weight excluding hydrogens is 324 g/mol. The number of hydrogen-bond acceptors (Lipinski definition) is 2. The van der Waals surface area contributed by atoms with E-state index < -0.39 is 23.3 Å². The average Bonchev–Trinajstić information content (AvgIpc) is 2.18. The molecule has 0 fully saturated rings. The second-order valence-corrected chi connectivity index (χ2v) is 4.47. The van der Waals surface area contributed by atoms with Gasteiger partial charge in [0.2, 0.25) is 0 Å². The van der Waals surface area contributed by atoms with Gasteiger partial charge in [0, 0.05) is 5.56 Å². The molecule has 94 valence electrons. The minimum Gasteiger partial charge on any atom is -0.404 e. The van der Waals surface area contributed by atoms with Crippen LogP contribution in [0.2, 0.25) is 0 Å². The van der Waals surface area contributed by atoms with Crippen LogP contribution >= 0.6 is 27.5 Å². The van der Waals surface area contributed by atoms with Crippen LogP contribution in [0.5, 0.6) is 5.75 Å². The number of Topliss-reactive ketones (excluding diaryl/α,β-unsaturated/α-hetero) is 1.